The molecule has 0 saturated carbocycles. The molecule has 3 fully saturated rings. The van der Waals surface area contributed by atoms with Crippen molar-refractivity contribution in [2.45, 2.75) is 51.1 Å². The Morgan fingerprint density at radius 3 is 2.32 bits per heavy atom. The molecular weight excluding hydrogens is 278 g/mol. The predicted molar refractivity (Wildman–Crippen MR) is 85.1 cm³/mol. The van der Waals surface area contributed by atoms with Crippen LogP contribution in [-0.4, -0.2) is 75.4 Å². The lowest BCUT2D eigenvalue weighted by Crippen LogP contribution is -3.22. The first-order valence-corrected chi connectivity index (χ1v) is 9.31. The Morgan fingerprint density at radius 2 is 1.68 bits per heavy atom. The maximum atomic E-state index is 12.6. The SMILES string of the molecule is C[C@H](C(=O)N1CCOCC1)[NH+]1CCC([NH+]2CCCCC2)CC1. The van der Waals surface area contributed by atoms with Crippen LogP contribution in [0.5, 0.6) is 0 Å². The van der Waals surface area contributed by atoms with E-state index in [2.05, 4.69) is 6.92 Å². The van der Waals surface area contributed by atoms with Gasteiger partial charge in [0.25, 0.3) is 5.91 Å². The summed E-state index contributed by atoms with van der Waals surface area (Å²) in [6.07, 6.45) is 6.85. The fourth-order valence-corrected chi connectivity index (χ4v) is 4.48. The Kier molecular flexibility index (Phi) is 5.71. The Morgan fingerprint density at radius 1 is 1.05 bits per heavy atom. The lowest BCUT2D eigenvalue weighted by Gasteiger charge is -2.38. The molecule has 3 rings (SSSR count). The number of piperidine rings is 2. The first-order chi connectivity index (χ1) is 10.8. The summed E-state index contributed by atoms with van der Waals surface area (Å²) in [5.74, 6) is 0.335. The molecule has 5 nitrogen and oxygen atoms in total. The number of nitrogens with one attached hydrogen (secondary N) is 2. The summed E-state index contributed by atoms with van der Waals surface area (Å²) in [4.78, 5) is 18.0. The first-order valence-electron chi connectivity index (χ1n) is 9.31. The molecule has 1 amide bonds. The molecule has 0 bridgehead atoms. The van der Waals surface area contributed by atoms with Crippen molar-refractivity contribution in [3.8, 4) is 0 Å². The van der Waals surface area contributed by atoms with Crippen LogP contribution in [0.3, 0.4) is 0 Å². The molecule has 0 radical (unpaired) electrons. The number of nitrogens with zero attached hydrogens (tertiary/aromatic N) is 1. The van der Waals surface area contributed by atoms with E-state index in [1.165, 1.54) is 63.2 Å². The van der Waals surface area contributed by atoms with Crippen molar-refractivity contribution >= 4 is 5.91 Å². The number of morpholine rings is 1. The second kappa shape index (κ2) is 7.75. The summed E-state index contributed by atoms with van der Waals surface area (Å²) in [5, 5.41) is 0. The highest BCUT2D eigenvalue weighted by atomic mass is 16.5. The van der Waals surface area contributed by atoms with Crippen LogP contribution >= 0.6 is 0 Å². The number of hydrogen-bond donors (Lipinski definition) is 2. The number of likely N-dealkylation sites (tertiary alicyclic amines) is 2. The number of rotatable bonds is 3. The average molecular weight is 311 g/mol. The second-order valence-corrected chi connectivity index (χ2v) is 7.31. The van der Waals surface area contributed by atoms with Crippen LogP contribution in [0.25, 0.3) is 0 Å². The van der Waals surface area contributed by atoms with E-state index in [1.54, 1.807) is 0 Å². The maximum Gasteiger partial charge on any atom is 0.280 e. The number of carbonyl (C=O) groups is 1. The van der Waals surface area contributed by atoms with Gasteiger partial charge >= 0.3 is 0 Å². The van der Waals surface area contributed by atoms with Gasteiger partial charge in [-0.3, -0.25) is 4.79 Å². The highest BCUT2D eigenvalue weighted by Crippen LogP contribution is 2.04. The number of hydrogen-bond acceptors (Lipinski definition) is 2. The highest BCUT2D eigenvalue weighted by Gasteiger charge is 2.36. The van der Waals surface area contributed by atoms with Crippen LogP contribution < -0.4 is 9.80 Å². The number of amides is 1. The van der Waals surface area contributed by atoms with Crippen LogP contribution in [0, 0.1) is 0 Å². The molecule has 5 heteroatoms. The van der Waals surface area contributed by atoms with E-state index in [0.717, 1.165) is 19.1 Å². The molecule has 0 aromatic carbocycles. The van der Waals surface area contributed by atoms with Gasteiger partial charge in [0, 0.05) is 25.9 Å². The standard InChI is InChI=1S/C17H31N3O2/c1-15(17(21)20-11-13-22-14-12-20)18-9-5-16(6-10-18)19-7-3-2-4-8-19/h15-16H,2-14H2,1H3/p+2/t15-/m1/s1. The molecule has 22 heavy (non-hydrogen) atoms. The Labute approximate surface area is 134 Å². The molecule has 3 aliphatic heterocycles. The van der Waals surface area contributed by atoms with Crippen molar-refractivity contribution in [1.29, 1.82) is 0 Å². The zero-order chi connectivity index (χ0) is 15.4. The highest BCUT2D eigenvalue weighted by molar-refractivity contribution is 5.80. The van der Waals surface area contributed by atoms with Crippen molar-refractivity contribution in [1.82, 2.24) is 4.90 Å². The minimum Gasteiger partial charge on any atom is -0.378 e. The monoisotopic (exact) mass is 311 g/mol. The van der Waals surface area contributed by atoms with Crippen LogP contribution in [0.4, 0.5) is 0 Å². The van der Waals surface area contributed by atoms with Gasteiger partial charge in [0.15, 0.2) is 6.04 Å². The molecule has 0 aromatic rings. The molecule has 0 spiro atoms. The summed E-state index contributed by atoms with van der Waals surface area (Å²) in [7, 11) is 0. The van der Waals surface area contributed by atoms with E-state index >= 15 is 0 Å². The molecule has 3 saturated heterocycles. The van der Waals surface area contributed by atoms with Gasteiger partial charge in [-0.1, -0.05) is 0 Å². The number of carbonyl (C=O) groups excluding carboxylic acids is 1. The molecule has 2 N–H and O–H groups in total. The smallest absolute Gasteiger partial charge is 0.280 e. The lowest BCUT2D eigenvalue weighted by molar-refractivity contribution is -0.965. The van der Waals surface area contributed by atoms with E-state index in [1.807, 2.05) is 9.80 Å². The van der Waals surface area contributed by atoms with E-state index in [-0.39, 0.29) is 6.04 Å². The van der Waals surface area contributed by atoms with E-state index in [4.69, 9.17) is 4.74 Å². The van der Waals surface area contributed by atoms with Gasteiger partial charge in [0.2, 0.25) is 0 Å². The van der Waals surface area contributed by atoms with Crippen molar-refractivity contribution < 1.29 is 19.3 Å². The number of quaternary nitrogens is 2. The third-order valence-corrected chi connectivity index (χ3v) is 6.01. The van der Waals surface area contributed by atoms with Crippen molar-refractivity contribution in [2.24, 2.45) is 0 Å². The van der Waals surface area contributed by atoms with Gasteiger partial charge < -0.3 is 19.4 Å². The zero-order valence-corrected chi connectivity index (χ0v) is 14.1. The quantitative estimate of drug-likeness (QED) is 0.655. The predicted octanol–water partition coefficient (Wildman–Crippen LogP) is -1.65. The molecular formula is C17H33N3O2+2. The molecule has 3 aliphatic rings. The summed E-state index contributed by atoms with van der Waals surface area (Å²) >= 11 is 0. The van der Waals surface area contributed by atoms with Gasteiger partial charge in [-0.05, 0) is 26.2 Å². The Balaban J connectivity index is 1.46. The minimum absolute atomic E-state index is 0.121. The summed E-state index contributed by atoms with van der Waals surface area (Å²) in [5.41, 5.74) is 0. The van der Waals surface area contributed by atoms with Crippen LogP contribution in [0.2, 0.25) is 0 Å². The van der Waals surface area contributed by atoms with Crippen LogP contribution in [-0.2, 0) is 9.53 Å². The zero-order valence-electron chi connectivity index (χ0n) is 14.1. The molecule has 1 atom stereocenters. The van der Waals surface area contributed by atoms with Gasteiger partial charge in [-0.2, -0.15) is 0 Å². The summed E-state index contributed by atoms with van der Waals surface area (Å²) in [6, 6.07) is 0.977. The maximum absolute atomic E-state index is 12.6. The molecule has 126 valence electrons. The van der Waals surface area contributed by atoms with Gasteiger partial charge in [0.1, 0.15) is 0 Å². The number of ether oxygens (including phenoxy) is 1. The first kappa shape index (κ1) is 16.2. The summed E-state index contributed by atoms with van der Waals surface area (Å²) < 4.78 is 5.35. The van der Waals surface area contributed by atoms with Crippen molar-refractivity contribution in [2.75, 3.05) is 52.5 Å². The van der Waals surface area contributed by atoms with E-state index < -0.39 is 0 Å². The Hall–Kier alpha value is -0.650. The second-order valence-electron chi connectivity index (χ2n) is 7.31. The van der Waals surface area contributed by atoms with Crippen LogP contribution in [0.15, 0.2) is 0 Å². The van der Waals surface area contributed by atoms with Crippen molar-refractivity contribution in [3.63, 3.8) is 0 Å². The Bertz CT molecular complexity index is 357. The minimum atomic E-state index is 0.121. The van der Waals surface area contributed by atoms with Gasteiger partial charge in [-0.25, -0.2) is 0 Å². The topological polar surface area (TPSA) is 38.4 Å². The molecule has 0 aromatic heterocycles. The van der Waals surface area contributed by atoms with Crippen molar-refractivity contribution in [3.05, 3.63) is 0 Å². The molecule has 0 unspecified atom stereocenters. The third kappa shape index (κ3) is 3.81. The largest absolute Gasteiger partial charge is 0.378 e. The van der Waals surface area contributed by atoms with Gasteiger partial charge in [0.05, 0.1) is 45.4 Å². The third-order valence-electron chi connectivity index (χ3n) is 6.01. The average Bonchev–Trinajstić information content (AvgIpc) is 2.62. The molecule has 3 heterocycles. The molecule has 0 aliphatic carbocycles. The summed E-state index contributed by atoms with van der Waals surface area (Å²) in [6.45, 7) is 10.2. The lowest BCUT2D eigenvalue weighted by atomic mass is 9.98. The normalized spacial score (nSPS) is 32.7. The van der Waals surface area contributed by atoms with Crippen LogP contribution in [0.1, 0.15) is 39.0 Å². The fourth-order valence-electron chi connectivity index (χ4n) is 4.48. The van der Waals surface area contributed by atoms with E-state index in [0.29, 0.717) is 19.1 Å². The van der Waals surface area contributed by atoms with E-state index in [9.17, 15) is 4.79 Å². The van der Waals surface area contributed by atoms with Gasteiger partial charge in [-0.15, -0.1) is 0 Å². The fraction of sp³-hybridized carbons (Fsp3) is 0.941.